The lowest BCUT2D eigenvalue weighted by Crippen LogP contribution is -2.29. The van der Waals surface area contributed by atoms with Gasteiger partial charge in [-0.1, -0.05) is 133 Å². The van der Waals surface area contributed by atoms with E-state index in [-0.39, 0.29) is 5.41 Å². The molecule has 0 heterocycles. The lowest BCUT2D eigenvalue weighted by molar-refractivity contribution is 0.0630. The first-order valence-electron chi connectivity index (χ1n) is 15.1. The second-order valence-electron chi connectivity index (χ2n) is 12.3. The maximum Gasteiger partial charge on any atom is 0.0617 e. The molecular formula is C41H52O. The van der Waals surface area contributed by atoms with Gasteiger partial charge >= 0.3 is 0 Å². The summed E-state index contributed by atoms with van der Waals surface area (Å²) in [6.45, 7) is 21.7. The highest BCUT2D eigenvalue weighted by atomic mass is 16.5. The predicted molar refractivity (Wildman–Crippen MR) is 186 cm³/mol. The SMILES string of the molecule is COC1CC(C)=C(C#C/C(C)=C/C=C/C(C)=C/C=C/C=C(C)/C=C/C=C(C)/C=C/c2ccc(C)c(C)c2C)C(C)(C)C1. The van der Waals surface area contributed by atoms with E-state index in [1.807, 2.05) is 0 Å². The van der Waals surface area contributed by atoms with E-state index in [1.165, 1.54) is 50.1 Å². The third-order valence-corrected chi connectivity index (χ3v) is 7.97. The van der Waals surface area contributed by atoms with Crippen molar-refractivity contribution in [2.24, 2.45) is 5.41 Å². The van der Waals surface area contributed by atoms with Crippen LogP contribution in [0.25, 0.3) is 6.08 Å². The van der Waals surface area contributed by atoms with Crippen LogP contribution < -0.4 is 0 Å². The fraction of sp³-hybridized carbons (Fsp3) is 0.366. The summed E-state index contributed by atoms with van der Waals surface area (Å²) in [5.74, 6) is 6.82. The van der Waals surface area contributed by atoms with Gasteiger partial charge in [0.15, 0.2) is 0 Å². The van der Waals surface area contributed by atoms with Crippen LogP contribution in [-0.2, 0) is 4.74 Å². The molecule has 1 aromatic carbocycles. The van der Waals surface area contributed by atoms with E-state index < -0.39 is 0 Å². The van der Waals surface area contributed by atoms with Crippen molar-refractivity contribution >= 4 is 6.08 Å². The van der Waals surface area contributed by atoms with E-state index in [0.717, 1.165) is 18.4 Å². The van der Waals surface area contributed by atoms with Crippen molar-refractivity contribution in [3.63, 3.8) is 0 Å². The molecule has 0 spiro atoms. The van der Waals surface area contributed by atoms with E-state index in [9.17, 15) is 0 Å². The monoisotopic (exact) mass is 560 g/mol. The Morgan fingerprint density at radius 2 is 1.36 bits per heavy atom. The van der Waals surface area contributed by atoms with Gasteiger partial charge < -0.3 is 4.74 Å². The standard InChI is InChI=1S/C41H52O/c1-30(18-14-20-32(3)22-25-38-26-24-34(5)36(7)37(38)8)16-12-13-17-31(2)19-15-21-33(4)23-27-40-35(6)28-39(42-11)29-41(40,9)10/h12-22,24-26,39H,28-29H2,1-11H3/b13-12+,18-14+,19-15+,25-22+,30-16+,31-17+,32-20+,33-21+. The minimum absolute atomic E-state index is 0.0495. The first kappa shape index (κ1) is 34.6. The number of allylic oxidation sites excluding steroid dienone is 16. The Hall–Kier alpha value is -3.60. The van der Waals surface area contributed by atoms with Crippen LogP contribution in [0.5, 0.6) is 0 Å². The third kappa shape index (κ3) is 11.3. The summed E-state index contributed by atoms with van der Waals surface area (Å²) in [6.07, 6.45) is 27.7. The summed E-state index contributed by atoms with van der Waals surface area (Å²) < 4.78 is 5.62. The average molecular weight is 561 g/mol. The second-order valence-corrected chi connectivity index (χ2v) is 12.3. The number of hydrogen-bond acceptors (Lipinski definition) is 1. The highest BCUT2D eigenvalue weighted by Gasteiger charge is 2.32. The molecule has 0 N–H and O–H groups in total. The molecule has 0 amide bonds. The Bertz CT molecular complexity index is 1440. The molecule has 1 aliphatic carbocycles. The van der Waals surface area contributed by atoms with Gasteiger partial charge in [-0.2, -0.15) is 0 Å². The van der Waals surface area contributed by atoms with Crippen LogP contribution in [0.1, 0.15) is 83.6 Å². The van der Waals surface area contributed by atoms with Crippen LogP contribution in [0.2, 0.25) is 0 Å². The van der Waals surface area contributed by atoms with Crippen molar-refractivity contribution in [2.45, 2.75) is 88.2 Å². The summed E-state index contributed by atoms with van der Waals surface area (Å²) in [7, 11) is 1.81. The van der Waals surface area contributed by atoms with Crippen LogP contribution in [0, 0.1) is 38.0 Å². The lowest BCUT2D eigenvalue weighted by Gasteiger charge is -2.36. The molecule has 0 bridgehead atoms. The summed E-state index contributed by atoms with van der Waals surface area (Å²) >= 11 is 0. The Balaban J connectivity index is 1.92. The quantitative estimate of drug-likeness (QED) is 0.216. The largest absolute Gasteiger partial charge is 0.381 e. The van der Waals surface area contributed by atoms with Crippen molar-refractivity contribution in [3.8, 4) is 11.8 Å². The summed E-state index contributed by atoms with van der Waals surface area (Å²) in [5.41, 5.74) is 12.7. The minimum Gasteiger partial charge on any atom is -0.381 e. The van der Waals surface area contributed by atoms with Crippen LogP contribution in [0.4, 0.5) is 0 Å². The molecule has 0 aromatic heterocycles. The average Bonchev–Trinajstić information content (AvgIpc) is 2.92. The Labute approximate surface area is 257 Å². The van der Waals surface area contributed by atoms with Crippen LogP contribution in [0.3, 0.4) is 0 Å². The molecule has 1 heteroatoms. The number of benzene rings is 1. The van der Waals surface area contributed by atoms with Gasteiger partial charge in [0.1, 0.15) is 0 Å². The molecule has 0 aliphatic heterocycles. The predicted octanol–water partition coefficient (Wildman–Crippen LogP) is 11.2. The molecule has 0 fully saturated rings. The zero-order valence-corrected chi connectivity index (χ0v) is 28.0. The summed E-state index contributed by atoms with van der Waals surface area (Å²) in [6, 6.07) is 4.39. The maximum atomic E-state index is 5.62. The Morgan fingerprint density at radius 1 is 0.786 bits per heavy atom. The first-order chi connectivity index (χ1) is 19.8. The van der Waals surface area contributed by atoms with Crippen molar-refractivity contribution in [1.29, 1.82) is 0 Å². The van der Waals surface area contributed by atoms with Gasteiger partial charge in [-0.15, -0.1) is 0 Å². The molecule has 42 heavy (non-hydrogen) atoms. The molecule has 222 valence electrons. The molecule has 0 saturated heterocycles. The van der Waals surface area contributed by atoms with Gasteiger partial charge in [-0.25, -0.2) is 0 Å². The number of hydrogen-bond donors (Lipinski definition) is 0. The Morgan fingerprint density at radius 3 is 1.95 bits per heavy atom. The van der Waals surface area contributed by atoms with Crippen LogP contribution >= 0.6 is 0 Å². The van der Waals surface area contributed by atoms with Gasteiger partial charge in [0, 0.05) is 18.1 Å². The van der Waals surface area contributed by atoms with E-state index in [2.05, 4.69) is 166 Å². The van der Waals surface area contributed by atoms with Gasteiger partial charge in [0.25, 0.3) is 0 Å². The Kier molecular flexibility index (Phi) is 13.8. The smallest absolute Gasteiger partial charge is 0.0617 e. The molecule has 2 rings (SSSR count). The molecule has 0 radical (unpaired) electrons. The van der Waals surface area contributed by atoms with Gasteiger partial charge in [-0.3, -0.25) is 0 Å². The third-order valence-electron chi connectivity index (χ3n) is 7.97. The van der Waals surface area contributed by atoms with Gasteiger partial charge in [0.05, 0.1) is 6.10 Å². The molecule has 1 aromatic rings. The molecular weight excluding hydrogens is 508 g/mol. The van der Waals surface area contributed by atoms with E-state index in [0.29, 0.717) is 6.10 Å². The fourth-order valence-corrected chi connectivity index (χ4v) is 5.07. The maximum absolute atomic E-state index is 5.62. The zero-order chi connectivity index (χ0) is 31.3. The lowest BCUT2D eigenvalue weighted by atomic mass is 9.72. The zero-order valence-electron chi connectivity index (χ0n) is 28.0. The van der Waals surface area contributed by atoms with Gasteiger partial charge in [-0.05, 0) is 96.1 Å². The van der Waals surface area contributed by atoms with E-state index >= 15 is 0 Å². The van der Waals surface area contributed by atoms with Crippen LogP contribution in [-0.4, -0.2) is 13.2 Å². The van der Waals surface area contributed by atoms with Crippen molar-refractivity contribution in [1.82, 2.24) is 0 Å². The first-order valence-corrected chi connectivity index (χ1v) is 15.1. The molecule has 1 aliphatic rings. The number of aryl methyl sites for hydroxylation is 1. The van der Waals surface area contributed by atoms with E-state index in [4.69, 9.17) is 4.74 Å². The second kappa shape index (κ2) is 16.7. The number of ether oxygens (including phenoxy) is 1. The molecule has 1 nitrogen and oxygen atoms in total. The fourth-order valence-electron chi connectivity index (χ4n) is 5.07. The highest BCUT2D eigenvalue weighted by molar-refractivity contribution is 5.59. The van der Waals surface area contributed by atoms with Crippen molar-refractivity contribution < 1.29 is 4.74 Å². The number of methoxy groups -OCH3 is 1. The molecule has 1 unspecified atom stereocenters. The molecule has 0 saturated carbocycles. The van der Waals surface area contributed by atoms with Gasteiger partial charge in [0.2, 0.25) is 0 Å². The summed E-state index contributed by atoms with van der Waals surface area (Å²) in [5, 5.41) is 0. The van der Waals surface area contributed by atoms with Crippen LogP contribution in [0.15, 0.2) is 112 Å². The highest BCUT2D eigenvalue weighted by Crippen LogP contribution is 2.40. The summed E-state index contributed by atoms with van der Waals surface area (Å²) in [4.78, 5) is 0. The topological polar surface area (TPSA) is 9.23 Å². The van der Waals surface area contributed by atoms with Crippen molar-refractivity contribution in [3.05, 3.63) is 135 Å². The minimum atomic E-state index is 0.0495. The van der Waals surface area contributed by atoms with Crippen molar-refractivity contribution in [2.75, 3.05) is 7.11 Å². The number of rotatable bonds is 9. The van der Waals surface area contributed by atoms with E-state index in [1.54, 1.807) is 7.11 Å². The normalized spacial score (nSPS) is 19.1. The molecule has 1 atom stereocenters.